The summed E-state index contributed by atoms with van der Waals surface area (Å²) in [6.07, 6.45) is 0. The van der Waals surface area contributed by atoms with Gasteiger partial charge in [0.15, 0.2) is 5.96 Å². The molecule has 0 unspecified atom stereocenters. The number of alkyl halides is 2. The number of benzene rings is 2. The van der Waals surface area contributed by atoms with E-state index in [0.717, 1.165) is 17.9 Å². The molecule has 1 aliphatic rings. The molecule has 1 heterocycles. The summed E-state index contributed by atoms with van der Waals surface area (Å²) in [6, 6.07) is 8.18. The molecule has 1 saturated heterocycles. The highest BCUT2D eigenvalue weighted by Gasteiger charge is 2.49. The first-order valence-corrected chi connectivity index (χ1v) is 8.53. The third-order valence-corrected chi connectivity index (χ3v) is 5.11. The number of guanidine groups is 1. The molecule has 1 aliphatic heterocycles. The smallest absolute Gasteiger partial charge is 0.270 e. The minimum Gasteiger partial charge on any atom is -0.346 e. The Morgan fingerprint density at radius 1 is 1.14 bits per heavy atom. The predicted molar refractivity (Wildman–Crippen MR) is 96.1 cm³/mol. The number of rotatable bonds is 3. The first-order chi connectivity index (χ1) is 12.9. The summed E-state index contributed by atoms with van der Waals surface area (Å²) in [6.45, 7) is 2.29. The maximum Gasteiger partial charge on any atom is 0.270 e. The summed E-state index contributed by atoms with van der Waals surface area (Å²) in [5.74, 6) is -6.47. The van der Waals surface area contributed by atoms with Gasteiger partial charge >= 0.3 is 0 Å². The Morgan fingerprint density at radius 3 is 2.29 bits per heavy atom. The van der Waals surface area contributed by atoms with Gasteiger partial charge in [-0.15, -0.1) is 0 Å². The van der Waals surface area contributed by atoms with Crippen LogP contribution in [0.5, 0.6) is 0 Å². The van der Waals surface area contributed by atoms with Gasteiger partial charge in [-0.25, -0.2) is 17.6 Å². The molecule has 4 nitrogen and oxygen atoms in total. The second-order valence-electron chi connectivity index (χ2n) is 7.14. The summed E-state index contributed by atoms with van der Waals surface area (Å²) in [4.78, 5) is 14.1. The first kappa shape index (κ1) is 19.9. The molecular weight excluding hydrogens is 374 g/mol. The molecule has 148 valence electrons. The van der Waals surface area contributed by atoms with E-state index >= 15 is 0 Å². The van der Waals surface area contributed by atoms with E-state index in [1.165, 1.54) is 44.3 Å². The molecular formula is C20H19F4N3O. The van der Waals surface area contributed by atoms with E-state index < -0.39 is 34.9 Å². The third kappa shape index (κ3) is 3.23. The van der Waals surface area contributed by atoms with Gasteiger partial charge in [0.25, 0.3) is 5.92 Å². The fourth-order valence-electron chi connectivity index (χ4n) is 3.53. The molecule has 2 aromatic carbocycles. The number of carbonyl (C=O) groups is 1. The van der Waals surface area contributed by atoms with Crippen molar-refractivity contribution in [1.82, 2.24) is 10.2 Å². The molecule has 0 bridgehead atoms. The maximum atomic E-state index is 14.6. The van der Waals surface area contributed by atoms with E-state index in [9.17, 15) is 22.4 Å². The van der Waals surface area contributed by atoms with Crippen molar-refractivity contribution in [1.29, 1.82) is 5.41 Å². The number of nitrogens with zero attached hydrogens (tertiary/aromatic N) is 1. The van der Waals surface area contributed by atoms with Gasteiger partial charge in [0, 0.05) is 31.2 Å². The van der Waals surface area contributed by atoms with Gasteiger partial charge < -0.3 is 5.32 Å². The quantitative estimate of drug-likeness (QED) is 0.773. The van der Waals surface area contributed by atoms with E-state index in [1.807, 2.05) is 0 Å². The molecule has 0 saturated carbocycles. The van der Waals surface area contributed by atoms with Gasteiger partial charge in [-0.2, -0.15) is 0 Å². The Hall–Kier alpha value is -2.90. The van der Waals surface area contributed by atoms with E-state index in [0.29, 0.717) is 11.6 Å². The molecule has 1 fully saturated rings. The number of nitrogens with one attached hydrogen (secondary N) is 2. The van der Waals surface area contributed by atoms with Crippen LogP contribution in [0, 0.1) is 17.0 Å². The van der Waals surface area contributed by atoms with E-state index in [2.05, 4.69) is 5.32 Å². The zero-order chi connectivity index (χ0) is 20.9. The minimum absolute atomic E-state index is 0.00463. The molecule has 2 N–H and O–H groups in total. The molecule has 2 atom stereocenters. The van der Waals surface area contributed by atoms with Gasteiger partial charge in [-0.3, -0.25) is 15.1 Å². The average Bonchev–Trinajstić information content (AvgIpc) is 2.59. The molecule has 0 aliphatic carbocycles. The SMILES string of the molecule is CN1C(=N)N[C@](C)(c2ccc(F)cc2F)[C@H](c2ccc(C(C)(F)F)cc2)C1=O. The standard InChI is InChI=1S/C20H19F4N3O/c1-19(14-9-8-13(21)10-15(14)22)16(17(28)27(3)18(25)26-19)11-4-6-12(7-5-11)20(2,23)24/h4-10,16H,1-3H3,(H2,25,26)/t16-,19-/m1/s1. The van der Waals surface area contributed by atoms with Gasteiger partial charge in [-0.05, 0) is 18.6 Å². The van der Waals surface area contributed by atoms with Crippen molar-refractivity contribution in [2.75, 3.05) is 7.05 Å². The van der Waals surface area contributed by atoms with Crippen LogP contribution in [-0.2, 0) is 16.3 Å². The van der Waals surface area contributed by atoms with Crippen molar-refractivity contribution >= 4 is 11.9 Å². The lowest BCUT2D eigenvalue weighted by Crippen LogP contribution is -2.62. The average molecular weight is 393 g/mol. The monoisotopic (exact) mass is 393 g/mol. The van der Waals surface area contributed by atoms with Crippen LogP contribution in [0.25, 0.3) is 0 Å². The summed E-state index contributed by atoms with van der Waals surface area (Å²) >= 11 is 0. The van der Waals surface area contributed by atoms with Crippen molar-refractivity contribution < 1.29 is 22.4 Å². The van der Waals surface area contributed by atoms with E-state index in [4.69, 9.17) is 5.41 Å². The lowest BCUT2D eigenvalue weighted by molar-refractivity contribution is -0.131. The Bertz CT molecular complexity index is 939. The molecule has 8 heteroatoms. The summed E-state index contributed by atoms with van der Waals surface area (Å²) in [7, 11) is 1.39. The number of hydrogen-bond donors (Lipinski definition) is 2. The van der Waals surface area contributed by atoms with E-state index in [-0.39, 0.29) is 17.1 Å². The maximum absolute atomic E-state index is 14.6. The fourth-order valence-corrected chi connectivity index (χ4v) is 3.53. The lowest BCUT2D eigenvalue weighted by atomic mass is 9.73. The zero-order valence-electron chi connectivity index (χ0n) is 15.5. The Morgan fingerprint density at radius 2 is 1.75 bits per heavy atom. The van der Waals surface area contributed by atoms with Crippen molar-refractivity contribution in [3.8, 4) is 0 Å². The molecule has 1 amide bonds. The van der Waals surface area contributed by atoms with Crippen molar-refractivity contribution in [3.05, 3.63) is 70.8 Å². The molecule has 0 spiro atoms. The highest BCUT2D eigenvalue weighted by atomic mass is 19.3. The molecule has 3 rings (SSSR count). The van der Waals surface area contributed by atoms with Crippen molar-refractivity contribution in [3.63, 3.8) is 0 Å². The minimum atomic E-state index is -3.04. The predicted octanol–water partition coefficient (Wildman–Crippen LogP) is 4.07. The summed E-state index contributed by atoms with van der Waals surface area (Å²) in [5, 5.41) is 10.8. The molecule has 2 aromatic rings. The van der Waals surface area contributed by atoms with Gasteiger partial charge in [-0.1, -0.05) is 30.3 Å². The second-order valence-corrected chi connectivity index (χ2v) is 7.14. The highest BCUT2D eigenvalue weighted by molar-refractivity contribution is 6.02. The second kappa shape index (κ2) is 6.61. The Labute approximate surface area is 159 Å². The van der Waals surface area contributed by atoms with Crippen LogP contribution < -0.4 is 5.32 Å². The van der Waals surface area contributed by atoms with Gasteiger partial charge in [0.2, 0.25) is 5.91 Å². The van der Waals surface area contributed by atoms with Crippen LogP contribution in [-0.4, -0.2) is 23.8 Å². The third-order valence-electron chi connectivity index (χ3n) is 5.11. The van der Waals surface area contributed by atoms with Crippen LogP contribution in [0.15, 0.2) is 42.5 Å². The van der Waals surface area contributed by atoms with Gasteiger partial charge in [0.05, 0.1) is 11.5 Å². The molecule has 0 radical (unpaired) electrons. The van der Waals surface area contributed by atoms with Crippen LogP contribution in [0.3, 0.4) is 0 Å². The lowest BCUT2D eigenvalue weighted by Gasteiger charge is -2.46. The Balaban J connectivity index is 2.16. The van der Waals surface area contributed by atoms with Crippen molar-refractivity contribution in [2.45, 2.75) is 31.2 Å². The topological polar surface area (TPSA) is 56.2 Å². The molecule has 28 heavy (non-hydrogen) atoms. The molecule has 0 aromatic heterocycles. The number of carbonyl (C=O) groups excluding carboxylic acids is 1. The normalized spacial score (nSPS) is 23.0. The van der Waals surface area contributed by atoms with Crippen LogP contribution in [0.4, 0.5) is 17.6 Å². The Kier molecular flexibility index (Phi) is 4.69. The first-order valence-electron chi connectivity index (χ1n) is 8.53. The zero-order valence-corrected chi connectivity index (χ0v) is 15.5. The summed E-state index contributed by atoms with van der Waals surface area (Å²) in [5.41, 5.74) is -1.27. The number of hydrogen-bond acceptors (Lipinski definition) is 2. The largest absolute Gasteiger partial charge is 0.346 e. The van der Waals surface area contributed by atoms with E-state index in [1.54, 1.807) is 0 Å². The number of halogens is 4. The van der Waals surface area contributed by atoms with Crippen LogP contribution >= 0.6 is 0 Å². The fraction of sp³-hybridized carbons (Fsp3) is 0.300. The van der Waals surface area contributed by atoms with Gasteiger partial charge in [0.1, 0.15) is 11.6 Å². The van der Waals surface area contributed by atoms with Crippen molar-refractivity contribution in [2.24, 2.45) is 0 Å². The highest BCUT2D eigenvalue weighted by Crippen LogP contribution is 2.42. The number of amides is 1. The number of likely N-dealkylation sites (N-methyl/N-ethyl adjacent to an activating group) is 1. The van der Waals surface area contributed by atoms with Crippen LogP contribution in [0.2, 0.25) is 0 Å². The van der Waals surface area contributed by atoms with Crippen LogP contribution in [0.1, 0.15) is 36.5 Å². The summed E-state index contributed by atoms with van der Waals surface area (Å²) < 4.78 is 55.0.